The molecule has 2 unspecified atom stereocenters. The summed E-state index contributed by atoms with van der Waals surface area (Å²) in [5, 5.41) is 8.44. The zero-order valence-electron chi connectivity index (χ0n) is 15.9. The zero-order chi connectivity index (χ0) is 18.4. The SMILES string of the molecule is [CH2]CCC(NC(C)CC)(N1CCN(c2ncccn2)CC1)n1cccn1. The number of nitrogens with zero attached hydrogens (tertiary/aromatic N) is 6. The first-order chi connectivity index (χ1) is 12.7. The average molecular weight is 356 g/mol. The maximum Gasteiger partial charge on any atom is 0.225 e. The molecular formula is C19H30N7. The first-order valence-corrected chi connectivity index (χ1v) is 9.53. The van der Waals surface area contributed by atoms with Gasteiger partial charge in [0.05, 0.1) is 0 Å². The molecule has 1 radical (unpaired) electrons. The molecule has 3 heterocycles. The molecule has 0 bridgehead atoms. The lowest BCUT2D eigenvalue weighted by Crippen LogP contribution is -2.66. The largest absolute Gasteiger partial charge is 0.338 e. The molecule has 2 aromatic heterocycles. The Balaban J connectivity index is 1.81. The molecule has 0 amide bonds. The number of nitrogens with one attached hydrogen (secondary N) is 1. The zero-order valence-corrected chi connectivity index (χ0v) is 15.9. The van der Waals surface area contributed by atoms with E-state index < -0.39 is 0 Å². The first kappa shape index (κ1) is 18.8. The molecule has 1 fully saturated rings. The second-order valence-electron chi connectivity index (χ2n) is 6.85. The number of rotatable bonds is 8. The summed E-state index contributed by atoms with van der Waals surface area (Å²) in [6.07, 6.45) is 10.3. The van der Waals surface area contributed by atoms with Gasteiger partial charge in [0.1, 0.15) is 0 Å². The van der Waals surface area contributed by atoms with Crippen LogP contribution in [0.5, 0.6) is 0 Å². The molecule has 26 heavy (non-hydrogen) atoms. The van der Waals surface area contributed by atoms with E-state index in [1.54, 1.807) is 12.4 Å². The Labute approximate surface area is 156 Å². The van der Waals surface area contributed by atoms with Gasteiger partial charge in [0.25, 0.3) is 0 Å². The summed E-state index contributed by atoms with van der Waals surface area (Å²) in [7, 11) is 0. The molecule has 7 heteroatoms. The third kappa shape index (κ3) is 3.88. The van der Waals surface area contributed by atoms with E-state index in [0.717, 1.165) is 51.4 Å². The van der Waals surface area contributed by atoms with Crippen molar-refractivity contribution in [1.82, 2.24) is 30.0 Å². The van der Waals surface area contributed by atoms with E-state index in [9.17, 15) is 0 Å². The molecule has 7 nitrogen and oxygen atoms in total. The molecule has 0 spiro atoms. The molecule has 2 aromatic rings. The van der Waals surface area contributed by atoms with Gasteiger partial charge in [0.15, 0.2) is 5.79 Å². The van der Waals surface area contributed by atoms with Gasteiger partial charge in [-0.25, -0.2) is 14.6 Å². The quantitative estimate of drug-likeness (QED) is 0.782. The lowest BCUT2D eigenvalue weighted by atomic mass is 10.1. The first-order valence-electron chi connectivity index (χ1n) is 9.53. The number of anilines is 1. The van der Waals surface area contributed by atoms with E-state index in [0.29, 0.717) is 6.04 Å². The van der Waals surface area contributed by atoms with Crippen LogP contribution >= 0.6 is 0 Å². The summed E-state index contributed by atoms with van der Waals surface area (Å²) < 4.78 is 2.07. The second kappa shape index (κ2) is 8.60. The van der Waals surface area contributed by atoms with Crippen molar-refractivity contribution >= 4 is 5.95 Å². The Bertz CT molecular complexity index is 637. The Morgan fingerprint density at radius 2 is 1.88 bits per heavy atom. The van der Waals surface area contributed by atoms with Crippen LogP contribution in [0.3, 0.4) is 0 Å². The number of hydrogen-bond donors (Lipinski definition) is 1. The summed E-state index contributed by atoms with van der Waals surface area (Å²) in [6, 6.07) is 4.23. The molecule has 2 atom stereocenters. The van der Waals surface area contributed by atoms with Crippen molar-refractivity contribution in [3.63, 3.8) is 0 Å². The maximum absolute atomic E-state index is 4.59. The summed E-state index contributed by atoms with van der Waals surface area (Å²) in [4.78, 5) is 13.5. The minimum Gasteiger partial charge on any atom is -0.338 e. The monoisotopic (exact) mass is 356 g/mol. The fourth-order valence-corrected chi connectivity index (χ4v) is 3.61. The molecule has 1 saturated heterocycles. The average Bonchev–Trinajstić information content (AvgIpc) is 3.23. The van der Waals surface area contributed by atoms with E-state index in [-0.39, 0.29) is 5.79 Å². The highest BCUT2D eigenvalue weighted by Gasteiger charge is 2.40. The van der Waals surface area contributed by atoms with E-state index in [1.165, 1.54) is 0 Å². The summed E-state index contributed by atoms with van der Waals surface area (Å²) in [6.45, 7) is 12.2. The third-order valence-electron chi connectivity index (χ3n) is 5.14. The van der Waals surface area contributed by atoms with Crippen LogP contribution in [-0.2, 0) is 5.79 Å². The summed E-state index contributed by atoms with van der Waals surface area (Å²) in [5.41, 5.74) is 0. The van der Waals surface area contributed by atoms with Crippen molar-refractivity contribution in [3.05, 3.63) is 43.8 Å². The number of piperazine rings is 1. The highest BCUT2D eigenvalue weighted by atomic mass is 15.6. The van der Waals surface area contributed by atoms with Crippen LogP contribution in [0.25, 0.3) is 0 Å². The molecule has 0 saturated carbocycles. The van der Waals surface area contributed by atoms with Crippen LogP contribution in [0.4, 0.5) is 5.95 Å². The van der Waals surface area contributed by atoms with E-state index >= 15 is 0 Å². The Kier molecular flexibility index (Phi) is 6.21. The summed E-state index contributed by atoms with van der Waals surface area (Å²) >= 11 is 0. The molecule has 1 aliphatic heterocycles. The summed E-state index contributed by atoms with van der Waals surface area (Å²) in [5.74, 6) is 0.466. The minimum absolute atomic E-state index is 0.343. The van der Waals surface area contributed by atoms with E-state index in [4.69, 9.17) is 0 Å². The fraction of sp³-hybridized carbons (Fsp3) is 0.579. The second-order valence-corrected chi connectivity index (χ2v) is 6.85. The van der Waals surface area contributed by atoms with Crippen LogP contribution in [0.1, 0.15) is 33.1 Å². The Morgan fingerprint density at radius 1 is 1.15 bits per heavy atom. The molecule has 0 aromatic carbocycles. The van der Waals surface area contributed by atoms with Crippen molar-refractivity contribution in [2.75, 3.05) is 31.1 Å². The highest BCUT2D eigenvalue weighted by molar-refractivity contribution is 5.29. The third-order valence-corrected chi connectivity index (χ3v) is 5.14. The molecule has 3 rings (SSSR count). The van der Waals surface area contributed by atoms with Crippen LogP contribution < -0.4 is 10.2 Å². The molecule has 141 valence electrons. The van der Waals surface area contributed by atoms with Gasteiger partial charge >= 0.3 is 0 Å². The van der Waals surface area contributed by atoms with Gasteiger partial charge < -0.3 is 4.90 Å². The van der Waals surface area contributed by atoms with Crippen molar-refractivity contribution < 1.29 is 0 Å². The lowest BCUT2D eigenvalue weighted by molar-refractivity contribution is -0.0462. The molecule has 0 aliphatic carbocycles. The molecular weight excluding hydrogens is 326 g/mol. The van der Waals surface area contributed by atoms with Gasteiger partial charge in [-0.2, -0.15) is 5.10 Å². The number of aromatic nitrogens is 4. The molecule has 1 N–H and O–H groups in total. The van der Waals surface area contributed by atoms with Crippen LogP contribution in [0.2, 0.25) is 0 Å². The smallest absolute Gasteiger partial charge is 0.225 e. The standard InChI is InChI=1S/C19H30N7/c1-4-8-19(23-17(3)5-2,26-12-7-11-22-26)25-15-13-24(14-16-25)18-20-9-6-10-21-18/h6-7,9-12,17,23H,1,4-5,8,13-16H2,2-3H3. The van der Waals surface area contributed by atoms with Gasteiger partial charge in [-0.15, -0.1) is 0 Å². The Morgan fingerprint density at radius 3 is 2.46 bits per heavy atom. The fourth-order valence-electron chi connectivity index (χ4n) is 3.61. The Hall–Kier alpha value is -1.99. The predicted octanol–water partition coefficient (Wildman–Crippen LogP) is 2.11. The maximum atomic E-state index is 4.59. The van der Waals surface area contributed by atoms with Gasteiger partial charge in [-0.05, 0) is 31.9 Å². The van der Waals surface area contributed by atoms with Crippen LogP contribution in [0, 0.1) is 6.92 Å². The van der Waals surface area contributed by atoms with Gasteiger partial charge in [-0.3, -0.25) is 10.2 Å². The predicted molar refractivity (Wildman–Crippen MR) is 103 cm³/mol. The van der Waals surface area contributed by atoms with Crippen molar-refractivity contribution in [2.24, 2.45) is 0 Å². The van der Waals surface area contributed by atoms with Crippen molar-refractivity contribution in [3.8, 4) is 0 Å². The topological polar surface area (TPSA) is 62.1 Å². The van der Waals surface area contributed by atoms with Crippen molar-refractivity contribution in [2.45, 2.75) is 44.9 Å². The normalized spacial score (nSPS) is 19.3. The van der Waals surface area contributed by atoms with Crippen molar-refractivity contribution in [1.29, 1.82) is 0 Å². The van der Waals surface area contributed by atoms with Gasteiger partial charge in [0.2, 0.25) is 5.95 Å². The minimum atomic E-state index is -0.343. The highest BCUT2D eigenvalue weighted by Crippen LogP contribution is 2.27. The van der Waals surface area contributed by atoms with E-state index in [1.807, 2.05) is 18.3 Å². The number of hydrogen-bond acceptors (Lipinski definition) is 6. The van der Waals surface area contributed by atoms with Crippen LogP contribution in [-0.4, -0.2) is 56.9 Å². The van der Waals surface area contributed by atoms with Gasteiger partial charge in [-0.1, -0.05) is 13.8 Å². The van der Waals surface area contributed by atoms with Crippen LogP contribution in [0.15, 0.2) is 36.9 Å². The van der Waals surface area contributed by atoms with Gasteiger partial charge in [0, 0.05) is 63.4 Å². The molecule has 1 aliphatic rings. The lowest BCUT2D eigenvalue weighted by Gasteiger charge is -2.49. The van der Waals surface area contributed by atoms with E-state index in [2.05, 4.69) is 61.8 Å².